The van der Waals surface area contributed by atoms with Gasteiger partial charge in [-0.05, 0) is 29.3 Å². The van der Waals surface area contributed by atoms with Crippen molar-refractivity contribution in [2.24, 2.45) is 0 Å². The molecule has 0 spiro atoms. The highest BCUT2D eigenvalue weighted by molar-refractivity contribution is 7.66. The van der Waals surface area contributed by atoms with Gasteiger partial charge in [-0.3, -0.25) is 4.57 Å². The fourth-order valence-corrected chi connectivity index (χ4v) is 3.23. The molecule has 0 bridgehead atoms. The highest BCUT2D eigenvalue weighted by Gasteiger charge is 2.18. The van der Waals surface area contributed by atoms with Gasteiger partial charge < -0.3 is 4.52 Å². The van der Waals surface area contributed by atoms with Crippen LogP contribution >= 0.6 is 7.37 Å². The largest absolute Gasteiger partial charge is 0.325 e. The smallest absolute Gasteiger partial charge is 0.229 e. The van der Waals surface area contributed by atoms with Crippen LogP contribution in [-0.4, -0.2) is 13.3 Å². The second-order valence-corrected chi connectivity index (χ2v) is 7.03. The predicted octanol–water partition coefficient (Wildman–Crippen LogP) is 4.19. The van der Waals surface area contributed by atoms with E-state index in [0.717, 1.165) is 28.9 Å². The Morgan fingerprint density at radius 2 is 1.83 bits per heavy atom. The van der Waals surface area contributed by atoms with E-state index in [-0.39, 0.29) is 0 Å². The molecule has 0 saturated carbocycles. The molecule has 3 heteroatoms. The molecule has 18 heavy (non-hydrogen) atoms. The van der Waals surface area contributed by atoms with Crippen molar-refractivity contribution < 1.29 is 9.09 Å². The number of fused-ring (bicyclic) bond motifs is 1. The van der Waals surface area contributed by atoms with Gasteiger partial charge in [0.1, 0.15) is 0 Å². The van der Waals surface area contributed by atoms with Crippen LogP contribution in [0.4, 0.5) is 0 Å². The van der Waals surface area contributed by atoms with Crippen molar-refractivity contribution in [1.29, 1.82) is 0 Å². The second kappa shape index (κ2) is 5.69. The summed E-state index contributed by atoms with van der Waals surface area (Å²) in [6, 6.07) is 14.0. The quantitative estimate of drug-likeness (QED) is 0.596. The zero-order valence-electron chi connectivity index (χ0n) is 10.9. The zero-order valence-corrected chi connectivity index (χ0v) is 11.8. The van der Waals surface area contributed by atoms with Gasteiger partial charge in [-0.15, -0.1) is 0 Å². The molecule has 96 valence electrons. The lowest BCUT2D eigenvalue weighted by atomic mass is 10.1. The molecule has 1 unspecified atom stereocenters. The molecule has 0 saturated heterocycles. The summed E-state index contributed by atoms with van der Waals surface area (Å²) in [6.45, 7) is 4.36. The molecule has 0 aliphatic carbocycles. The van der Waals surface area contributed by atoms with E-state index in [1.807, 2.05) is 36.4 Å². The van der Waals surface area contributed by atoms with E-state index >= 15 is 0 Å². The molecule has 2 aromatic carbocycles. The summed E-state index contributed by atoms with van der Waals surface area (Å²) in [5.41, 5.74) is 0. The molecule has 0 heterocycles. The van der Waals surface area contributed by atoms with E-state index in [2.05, 4.69) is 13.0 Å². The van der Waals surface area contributed by atoms with Gasteiger partial charge in [0, 0.05) is 12.0 Å². The van der Waals surface area contributed by atoms with Crippen LogP contribution in [0, 0.1) is 0 Å². The molecule has 0 radical (unpaired) electrons. The van der Waals surface area contributed by atoms with E-state index in [9.17, 15) is 4.57 Å². The molecule has 2 nitrogen and oxygen atoms in total. The first-order chi connectivity index (χ1) is 8.63. The molecule has 0 amide bonds. The lowest BCUT2D eigenvalue weighted by Gasteiger charge is -2.14. The Morgan fingerprint density at radius 1 is 1.11 bits per heavy atom. The van der Waals surface area contributed by atoms with Gasteiger partial charge >= 0.3 is 0 Å². The Hall–Kier alpha value is -1.11. The molecule has 0 aromatic heterocycles. The molecule has 0 N–H and O–H groups in total. The standard InChI is InChI=1S/C15H19O2P/c1-3-4-11-17-18(2,16)15-10-9-13-7-5-6-8-14(13)12-15/h5-10,12H,3-4,11H2,1-2H3. The number of unbranched alkanes of at least 4 members (excludes halogenated alkanes) is 1. The molecular formula is C15H19O2P. The summed E-state index contributed by atoms with van der Waals surface area (Å²) in [5.74, 6) is 0. The van der Waals surface area contributed by atoms with Gasteiger partial charge in [-0.25, -0.2) is 0 Å². The van der Waals surface area contributed by atoms with E-state index in [4.69, 9.17) is 4.52 Å². The monoisotopic (exact) mass is 262 g/mol. The van der Waals surface area contributed by atoms with E-state index in [1.54, 1.807) is 6.66 Å². The molecule has 0 aliphatic rings. The van der Waals surface area contributed by atoms with Gasteiger partial charge in [-0.1, -0.05) is 43.7 Å². The number of hydrogen-bond acceptors (Lipinski definition) is 2. The Balaban J connectivity index is 2.26. The predicted molar refractivity (Wildman–Crippen MR) is 78.0 cm³/mol. The van der Waals surface area contributed by atoms with Crippen LogP contribution in [0.2, 0.25) is 0 Å². The molecule has 0 aliphatic heterocycles. The van der Waals surface area contributed by atoms with Crippen LogP contribution in [-0.2, 0) is 9.09 Å². The lowest BCUT2D eigenvalue weighted by molar-refractivity contribution is 0.316. The van der Waals surface area contributed by atoms with Crippen LogP contribution in [0.25, 0.3) is 10.8 Å². The Labute approximate surface area is 108 Å². The minimum absolute atomic E-state index is 0.567. The van der Waals surface area contributed by atoms with Crippen molar-refractivity contribution in [2.45, 2.75) is 19.8 Å². The summed E-state index contributed by atoms with van der Waals surface area (Å²) in [4.78, 5) is 0. The average Bonchev–Trinajstić information content (AvgIpc) is 2.38. The maximum Gasteiger partial charge on any atom is 0.229 e. The minimum atomic E-state index is -2.68. The Kier molecular flexibility index (Phi) is 4.21. The Bertz CT molecular complexity index is 577. The van der Waals surface area contributed by atoms with Crippen molar-refractivity contribution in [2.75, 3.05) is 13.3 Å². The highest BCUT2D eigenvalue weighted by atomic mass is 31.2. The van der Waals surface area contributed by atoms with Gasteiger partial charge in [0.25, 0.3) is 0 Å². The van der Waals surface area contributed by atoms with Crippen molar-refractivity contribution in [3.8, 4) is 0 Å². The van der Waals surface area contributed by atoms with E-state index in [1.165, 1.54) is 0 Å². The summed E-state index contributed by atoms with van der Waals surface area (Å²) in [6.07, 6.45) is 2.00. The molecule has 0 fully saturated rings. The summed E-state index contributed by atoms with van der Waals surface area (Å²) in [5, 5.41) is 3.07. The molecule has 2 rings (SSSR count). The third-order valence-electron chi connectivity index (χ3n) is 3.04. The highest BCUT2D eigenvalue weighted by Crippen LogP contribution is 2.41. The number of benzene rings is 2. The van der Waals surface area contributed by atoms with Gasteiger partial charge in [0.15, 0.2) is 0 Å². The molecule has 2 aromatic rings. The molecule has 1 atom stereocenters. The van der Waals surface area contributed by atoms with Gasteiger partial charge in [0.2, 0.25) is 7.37 Å². The van der Waals surface area contributed by atoms with Crippen molar-refractivity contribution in [3.63, 3.8) is 0 Å². The lowest BCUT2D eigenvalue weighted by Crippen LogP contribution is -2.07. The first kappa shape index (κ1) is 13.3. The minimum Gasteiger partial charge on any atom is -0.325 e. The SMILES string of the molecule is CCCCOP(C)(=O)c1ccc2ccccc2c1. The normalized spacial score (nSPS) is 14.6. The van der Waals surface area contributed by atoms with Crippen LogP contribution in [0.1, 0.15) is 19.8 Å². The molecular weight excluding hydrogens is 243 g/mol. The second-order valence-electron chi connectivity index (χ2n) is 4.56. The summed E-state index contributed by atoms with van der Waals surface area (Å²) < 4.78 is 18.1. The third kappa shape index (κ3) is 3.01. The van der Waals surface area contributed by atoms with Crippen LogP contribution in [0.15, 0.2) is 42.5 Å². The maximum absolute atomic E-state index is 12.5. The first-order valence-electron chi connectivity index (χ1n) is 6.35. The number of hydrogen-bond donors (Lipinski definition) is 0. The summed E-state index contributed by atoms with van der Waals surface area (Å²) >= 11 is 0. The average molecular weight is 262 g/mol. The van der Waals surface area contributed by atoms with Crippen LogP contribution < -0.4 is 5.30 Å². The summed E-state index contributed by atoms with van der Waals surface area (Å²) in [7, 11) is -2.68. The van der Waals surface area contributed by atoms with E-state index < -0.39 is 7.37 Å². The van der Waals surface area contributed by atoms with Gasteiger partial charge in [-0.2, -0.15) is 0 Å². The zero-order chi connectivity index (χ0) is 13.0. The van der Waals surface area contributed by atoms with E-state index in [0.29, 0.717) is 6.61 Å². The Morgan fingerprint density at radius 3 is 2.56 bits per heavy atom. The third-order valence-corrected chi connectivity index (χ3v) is 4.93. The topological polar surface area (TPSA) is 26.3 Å². The van der Waals surface area contributed by atoms with Crippen LogP contribution in [0.5, 0.6) is 0 Å². The maximum atomic E-state index is 12.5. The van der Waals surface area contributed by atoms with Crippen molar-refractivity contribution >= 4 is 23.4 Å². The first-order valence-corrected chi connectivity index (χ1v) is 8.42. The fraction of sp³-hybridized carbons (Fsp3) is 0.333. The fourth-order valence-electron chi connectivity index (χ4n) is 1.89. The number of rotatable bonds is 5. The van der Waals surface area contributed by atoms with Crippen molar-refractivity contribution in [3.05, 3.63) is 42.5 Å². The van der Waals surface area contributed by atoms with Gasteiger partial charge in [0.05, 0.1) is 6.61 Å². The van der Waals surface area contributed by atoms with Crippen LogP contribution in [0.3, 0.4) is 0 Å². The van der Waals surface area contributed by atoms with Crippen molar-refractivity contribution in [1.82, 2.24) is 0 Å².